The summed E-state index contributed by atoms with van der Waals surface area (Å²) < 4.78 is 5.40. The second-order valence-corrected chi connectivity index (χ2v) is 5.92. The van der Waals surface area contributed by atoms with Gasteiger partial charge in [-0.1, -0.05) is 12.1 Å². The van der Waals surface area contributed by atoms with Gasteiger partial charge >= 0.3 is 0 Å². The molecule has 0 radical (unpaired) electrons. The SMILES string of the molecule is Cc1ccc2c(CCN[C@@H]3CCOC3)c(C)[nH]c2c1C. The number of hydrogen-bond acceptors (Lipinski definition) is 2. The van der Waals surface area contributed by atoms with E-state index >= 15 is 0 Å². The van der Waals surface area contributed by atoms with Gasteiger partial charge in [0, 0.05) is 29.2 Å². The average molecular weight is 272 g/mol. The molecular weight excluding hydrogens is 248 g/mol. The Balaban J connectivity index is 1.77. The first-order valence-electron chi connectivity index (χ1n) is 7.55. The molecule has 3 nitrogen and oxygen atoms in total. The molecule has 1 fully saturated rings. The highest BCUT2D eigenvalue weighted by molar-refractivity contribution is 5.88. The number of aromatic nitrogens is 1. The standard InChI is InChI=1S/C17H24N2O/c1-11-4-5-16-15(13(3)19-17(16)12(11)2)6-8-18-14-7-9-20-10-14/h4-5,14,18-19H,6-10H2,1-3H3/t14-/m1/s1. The van der Waals surface area contributed by atoms with Gasteiger partial charge in [0.25, 0.3) is 0 Å². The van der Waals surface area contributed by atoms with Gasteiger partial charge in [-0.15, -0.1) is 0 Å². The number of rotatable bonds is 4. The number of aromatic amines is 1. The van der Waals surface area contributed by atoms with E-state index in [1.807, 2.05) is 0 Å². The zero-order valence-corrected chi connectivity index (χ0v) is 12.7. The minimum Gasteiger partial charge on any atom is -0.380 e. The minimum atomic E-state index is 0.546. The largest absolute Gasteiger partial charge is 0.380 e. The van der Waals surface area contributed by atoms with Gasteiger partial charge in [-0.05, 0) is 56.8 Å². The Morgan fingerprint density at radius 2 is 2.15 bits per heavy atom. The molecule has 2 N–H and O–H groups in total. The summed E-state index contributed by atoms with van der Waals surface area (Å²) in [7, 11) is 0. The van der Waals surface area contributed by atoms with Crippen molar-refractivity contribution in [3.63, 3.8) is 0 Å². The van der Waals surface area contributed by atoms with Gasteiger partial charge in [-0.3, -0.25) is 0 Å². The summed E-state index contributed by atoms with van der Waals surface area (Å²) in [5.41, 5.74) is 6.79. The number of aryl methyl sites for hydroxylation is 3. The van der Waals surface area contributed by atoms with Crippen molar-refractivity contribution < 1.29 is 4.74 Å². The second kappa shape index (κ2) is 5.58. The fourth-order valence-electron chi connectivity index (χ4n) is 3.11. The summed E-state index contributed by atoms with van der Waals surface area (Å²) in [6.45, 7) is 9.35. The topological polar surface area (TPSA) is 37.0 Å². The third kappa shape index (κ3) is 2.48. The predicted molar refractivity (Wildman–Crippen MR) is 83.4 cm³/mol. The molecule has 3 heteroatoms. The smallest absolute Gasteiger partial charge is 0.0620 e. The van der Waals surface area contributed by atoms with Gasteiger partial charge in [0.05, 0.1) is 6.61 Å². The highest BCUT2D eigenvalue weighted by Gasteiger charge is 2.15. The molecule has 0 saturated carbocycles. The van der Waals surface area contributed by atoms with Gasteiger partial charge in [0.15, 0.2) is 0 Å². The molecule has 20 heavy (non-hydrogen) atoms. The molecule has 1 saturated heterocycles. The van der Waals surface area contributed by atoms with Crippen LogP contribution >= 0.6 is 0 Å². The quantitative estimate of drug-likeness (QED) is 0.897. The second-order valence-electron chi connectivity index (χ2n) is 5.92. The van der Waals surface area contributed by atoms with Crippen LogP contribution in [-0.4, -0.2) is 30.8 Å². The van der Waals surface area contributed by atoms with Crippen LogP contribution in [0.4, 0.5) is 0 Å². The van der Waals surface area contributed by atoms with Crippen molar-refractivity contribution in [2.75, 3.05) is 19.8 Å². The van der Waals surface area contributed by atoms with Gasteiger partial charge in [0.2, 0.25) is 0 Å². The van der Waals surface area contributed by atoms with Crippen LogP contribution in [0.5, 0.6) is 0 Å². The number of nitrogens with one attached hydrogen (secondary N) is 2. The van der Waals surface area contributed by atoms with Gasteiger partial charge in [-0.2, -0.15) is 0 Å². The summed E-state index contributed by atoms with van der Waals surface area (Å²) in [5, 5.41) is 4.98. The number of fused-ring (bicyclic) bond motifs is 1. The normalized spacial score (nSPS) is 19.1. The maximum atomic E-state index is 5.40. The lowest BCUT2D eigenvalue weighted by molar-refractivity contribution is 0.190. The van der Waals surface area contributed by atoms with Crippen LogP contribution in [0.1, 0.15) is 28.8 Å². The van der Waals surface area contributed by atoms with Crippen LogP contribution in [0.15, 0.2) is 12.1 Å². The van der Waals surface area contributed by atoms with Crippen LogP contribution < -0.4 is 5.32 Å². The van der Waals surface area contributed by atoms with E-state index in [-0.39, 0.29) is 0 Å². The summed E-state index contributed by atoms with van der Waals surface area (Å²) >= 11 is 0. The molecule has 1 aromatic carbocycles. The van der Waals surface area contributed by atoms with E-state index in [2.05, 4.69) is 43.2 Å². The Labute approximate surface area is 120 Å². The van der Waals surface area contributed by atoms with Crippen molar-refractivity contribution in [2.24, 2.45) is 0 Å². The maximum absolute atomic E-state index is 5.40. The molecule has 108 valence electrons. The van der Waals surface area contributed by atoms with E-state index in [1.54, 1.807) is 0 Å². The third-order valence-corrected chi connectivity index (χ3v) is 4.56. The van der Waals surface area contributed by atoms with Crippen molar-refractivity contribution >= 4 is 10.9 Å². The zero-order chi connectivity index (χ0) is 14.1. The van der Waals surface area contributed by atoms with Crippen molar-refractivity contribution in [3.05, 3.63) is 34.5 Å². The summed E-state index contributed by atoms with van der Waals surface area (Å²) in [4.78, 5) is 3.56. The van der Waals surface area contributed by atoms with E-state index < -0.39 is 0 Å². The summed E-state index contributed by atoms with van der Waals surface area (Å²) in [5.74, 6) is 0. The van der Waals surface area contributed by atoms with E-state index in [0.29, 0.717) is 6.04 Å². The minimum absolute atomic E-state index is 0.546. The van der Waals surface area contributed by atoms with E-state index in [4.69, 9.17) is 4.74 Å². The molecule has 3 rings (SSSR count). The van der Waals surface area contributed by atoms with Crippen molar-refractivity contribution in [1.82, 2.24) is 10.3 Å². The molecule has 1 atom stereocenters. The van der Waals surface area contributed by atoms with Gasteiger partial charge in [0.1, 0.15) is 0 Å². The Hall–Kier alpha value is -1.32. The molecule has 2 heterocycles. The highest BCUT2D eigenvalue weighted by Crippen LogP contribution is 2.26. The Morgan fingerprint density at radius 3 is 2.90 bits per heavy atom. The van der Waals surface area contributed by atoms with Crippen LogP contribution in [-0.2, 0) is 11.2 Å². The maximum Gasteiger partial charge on any atom is 0.0620 e. The van der Waals surface area contributed by atoms with Crippen molar-refractivity contribution in [1.29, 1.82) is 0 Å². The van der Waals surface area contributed by atoms with Gasteiger partial charge in [-0.25, -0.2) is 0 Å². The Kier molecular flexibility index (Phi) is 3.81. The van der Waals surface area contributed by atoms with E-state index in [1.165, 1.54) is 33.3 Å². The zero-order valence-electron chi connectivity index (χ0n) is 12.7. The molecule has 0 unspecified atom stereocenters. The monoisotopic (exact) mass is 272 g/mol. The van der Waals surface area contributed by atoms with Gasteiger partial charge < -0.3 is 15.0 Å². The third-order valence-electron chi connectivity index (χ3n) is 4.56. The molecule has 0 amide bonds. The molecule has 0 aliphatic carbocycles. The number of H-pyrrole nitrogens is 1. The molecular formula is C17H24N2O. The van der Waals surface area contributed by atoms with E-state index in [9.17, 15) is 0 Å². The number of benzene rings is 1. The molecule has 0 spiro atoms. The molecule has 1 aliphatic rings. The number of ether oxygens (including phenoxy) is 1. The lowest BCUT2D eigenvalue weighted by Gasteiger charge is -2.10. The van der Waals surface area contributed by atoms with Crippen LogP contribution in [0.2, 0.25) is 0 Å². The summed E-state index contributed by atoms with van der Waals surface area (Å²) in [6.07, 6.45) is 2.22. The molecule has 1 aliphatic heterocycles. The van der Waals surface area contributed by atoms with Crippen LogP contribution in [0.25, 0.3) is 10.9 Å². The lowest BCUT2D eigenvalue weighted by Crippen LogP contribution is -2.30. The fraction of sp³-hybridized carbons (Fsp3) is 0.529. The van der Waals surface area contributed by atoms with Crippen molar-refractivity contribution in [3.8, 4) is 0 Å². The Morgan fingerprint density at radius 1 is 1.30 bits per heavy atom. The molecule has 0 bridgehead atoms. The lowest BCUT2D eigenvalue weighted by atomic mass is 10.0. The summed E-state index contributed by atoms with van der Waals surface area (Å²) in [6, 6.07) is 5.03. The number of hydrogen-bond donors (Lipinski definition) is 2. The van der Waals surface area contributed by atoms with E-state index in [0.717, 1.165) is 32.6 Å². The first kappa shape index (κ1) is 13.7. The average Bonchev–Trinajstić information content (AvgIpc) is 3.04. The first-order chi connectivity index (χ1) is 9.66. The molecule has 2 aromatic rings. The molecule has 1 aromatic heterocycles. The van der Waals surface area contributed by atoms with Crippen LogP contribution in [0, 0.1) is 20.8 Å². The first-order valence-corrected chi connectivity index (χ1v) is 7.55. The van der Waals surface area contributed by atoms with Crippen molar-refractivity contribution in [2.45, 2.75) is 39.7 Å². The highest BCUT2D eigenvalue weighted by atomic mass is 16.5. The predicted octanol–water partition coefficient (Wildman–Crippen LogP) is 3.01. The Bertz CT molecular complexity index is 609. The fourth-order valence-corrected chi connectivity index (χ4v) is 3.11. The van der Waals surface area contributed by atoms with Crippen LogP contribution in [0.3, 0.4) is 0 Å².